The maximum absolute atomic E-state index is 11.7. The van der Waals surface area contributed by atoms with Gasteiger partial charge < -0.3 is 14.2 Å². The van der Waals surface area contributed by atoms with Gasteiger partial charge in [0.15, 0.2) is 6.61 Å². The van der Waals surface area contributed by atoms with E-state index in [0.717, 1.165) is 0 Å². The zero-order valence-electron chi connectivity index (χ0n) is 19.3. The Labute approximate surface area is 179 Å². The molecule has 0 saturated heterocycles. The molecule has 1 aromatic carbocycles. The largest absolute Gasteiger partial charge is 0.482 e. The summed E-state index contributed by atoms with van der Waals surface area (Å²) >= 11 is 3.30. The van der Waals surface area contributed by atoms with Gasteiger partial charge in [0, 0.05) is 10.0 Å². The van der Waals surface area contributed by atoms with Crippen LogP contribution in [0.3, 0.4) is 0 Å². The number of methoxy groups -OCH3 is 1. The molecule has 5 nitrogen and oxygen atoms in total. The van der Waals surface area contributed by atoms with Crippen molar-refractivity contribution in [3.05, 3.63) is 27.7 Å². The fourth-order valence-corrected chi connectivity index (χ4v) is 2.07. The molecule has 1 aromatic rings. The second-order valence-electron chi connectivity index (χ2n) is 8.44. The van der Waals surface area contributed by atoms with Crippen LogP contribution in [0.1, 0.15) is 78.2 Å². The zero-order valence-corrected chi connectivity index (χ0v) is 20.9. The topological polar surface area (TPSA) is 61.8 Å². The summed E-state index contributed by atoms with van der Waals surface area (Å²) in [6.45, 7) is 19.6. The first-order chi connectivity index (χ1) is 12.6. The fourth-order valence-electron chi connectivity index (χ4n) is 1.63. The molecule has 0 saturated carbocycles. The normalized spacial score (nSPS) is 10.6. The van der Waals surface area contributed by atoms with Crippen LogP contribution in [0.15, 0.2) is 16.6 Å². The van der Waals surface area contributed by atoms with Crippen molar-refractivity contribution in [1.82, 2.24) is 0 Å². The Morgan fingerprint density at radius 3 is 1.86 bits per heavy atom. The average molecular weight is 461 g/mol. The van der Waals surface area contributed by atoms with Crippen LogP contribution in [-0.2, 0) is 14.3 Å². The highest BCUT2D eigenvalue weighted by molar-refractivity contribution is 9.10. The molecule has 0 fully saturated rings. The minimum Gasteiger partial charge on any atom is -0.482 e. The molecule has 0 aliphatic rings. The van der Waals surface area contributed by atoms with Crippen molar-refractivity contribution < 1.29 is 23.8 Å². The number of halogens is 1. The van der Waals surface area contributed by atoms with Crippen molar-refractivity contribution in [2.45, 2.75) is 74.8 Å². The Balaban J connectivity index is 0. The predicted molar refractivity (Wildman–Crippen MR) is 118 cm³/mol. The van der Waals surface area contributed by atoms with Gasteiger partial charge in [-0.1, -0.05) is 57.5 Å². The van der Waals surface area contributed by atoms with E-state index in [4.69, 9.17) is 14.2 Å². The quantitative estimate of drug-likeness (QED) is 0.490. The molecule has 0 bridgehead atoms. The van der Waals surface area contributed by atoms with E-state index in [2.05, 4.69) is 43.6 Å². The second-order valence-corrected chi connectivity index (χ2v) is 9.36. The van der Waals surface area contributed by atoms with Crippen LogP contribution < -0.4 is 4.74 Å². The Bertz CT molecular complexity index is 619. The third-order valence-electron chi connectivity index (χ3n) is 2.50. The number of hydrogen-bond acceptors (Lipinski definition) is 5. The van der Waals surface area contributed by atoms with Gasteiger partial charge in [0.1, 0.15) is 11.4 Å². The van der Waals surface area contributed by atoms with Crippen LogP contribution in [0.2, 0.25) is 0 Å². The highest BCUT2D eigenvalue weighted by atomic mass is 79.9. The summed E-state index contributed by atoms with van der Waals surface area (Å²) in [5.41, 5.74) is 0.920. The van der Waals surface area contributed by atoms with Crippen molar-refractivity contribution in [2.75, 3.05) is 13.7 Å². The van der Waals surface area contributed by atoms with Gasteiger partial charge in [0.2, 0.25) is 0 Å². The van der Waals surface area contributed by atoms with Gasteiger partial charge in [-0.3, -0.25) is 0 Å². The van der Waals surface area contributed by atoms with E-state index in [1.165, 1.54) is 7.11 Å². The van der Waals surface area contributed by atoms with E-state index < -0.39 is 17.5 Å². The SMILES string of the molecule is CC.CC(C)(C)C.COC(=O)c1cc(Br)cc(OCC(=O)OC(C)(C)C)c1C. The van der Waals surface area contributed by atoms with Crippen LogP contribution in [-0.4, -0.2) is 31.3 Å². The van der Waals surface area contributed by atoms with Crippen LogP contribution >= 0.6 is 15.9 Å². The number of ether oxygens (including phenoxy) is 3. The molecule has 0 aliphatic heterocycles. The van der Waals surface area contributed by atoms with Gasteiger partial charge in [-0.25, -0.2) is 9.59 Å². The van der Waals surface area contributed by atoms with E-state index in [1.54, 1.807) is 39.8 Å². The van der Waals surface area contributed by atoms with Crippen LogP contribution in [0.4, 0.5) is 0 Å². The lowest BCUT2D eigenvalue weighted by Gasteiger charge is -2.20. The smallest absolute Gasteiger partial charge is 0.344 e. The van der Waals surface area contributed by atoms with Crippen molar-refractivity contribution in [1.29, 1.82) is 0 Å². The third-order valence-corrected chi connectivity index (χ3v) is 2.95. The first-order valence-corrected chi connectivity index (χ1v) is 10.2. The maximum Gasteiger partial charge on any atom is 0.344 e. The molecule has 0 unspecified atom stereocenters. The molecule has 0 radical (unpaired) electrons. The molecule has 0 aliphatic carbocycles. The van der Waals surface area contributed by atoms with E-state index in [0.29, 0.717) is 26.8 Å². The second kappa shape index (κ2) is 12.8. The molecule has 0 atom stereocenters. The number of benzene rings is 1. The number of hydrogen-bond donors (Lipinski definition) is 0. The predicted octanol–water partition coefficient (Wildman–Crippen LogP) is 6.34. The molecular weight excluding hydrogens is 424 g/mol. The first-order valence-electron chi connectivity index (χ1n) is 9.37. The summed E-state index contributed by atoms with van der Waals surface area (Å²) in [5.74, 6) is -0.506. The lowest BCUT2D eigenvalue weighted by Crippen LogP contribution is -2.27. The van der Waals surface area contributed by atoms with E-state index >= 15 is 0 Å². The summed E-state index contributed by atoms with van der Waals surface area (Å²) in [6.07, 6.45) is 0. The molecular formula is C22H37BrO5. The minimum absolute atomic E-state index is 0.227. The van der Waals surface area contributed by atoms with E-state index in [9.17, 15) is 9.59 Å². The van der Waals surface area contributed by atoms with Crippen LogP contribution in [0, 0.1) is 12.3 Å². The fraction of sp³-hybridized carbons (Fsp3) is 0.636. The van der Waals surface area contributed by atoms with Gasteiger partial charge in [-0.05, 0) is 45.2 Å². The van der Waals surface area contributed by atoms with Crippen LogP contribution in [0.5, 0.6) is 5.75 Å². The standard InChI is InChI=1S/C15H19BrO5.C5H12.C2H6/c1-9-11(14(18)19-5)6-10(16)7-12(9)20-8-13(17)21-15(2,3)4;1-5(2,3)4;1-2/h6-7H,8H2,1-5H3;1-4H3;1-2H3. The monoisotopic (exact) mass is 460 g/mol. The molecule has 0 spiro atoms. The van der Waals surface area contributed by atoms with Gasteiger partial charge >= 0.3 is 11.9 Å². The highest BCUT2D eigenvalue weighted by Crippen LogP contribution is 2.27. The van der Waals surface area contributed by atoms with Crippen molar-refractivity contribution >= 4 is 27.9 Å². The van der Waals surface area contributed by atoms with Crippen LogP contribution in [0.25, 0.3) is 0 Å². The Morgan fingerprint density at radius 1 is 1.00 bits per heavy atom. The van der Waals surface area contributed by atoms with E-state index in [-0.39, 0.29) is 6.61 Å². The minimum atomic E-state index is -0.566. The van der Waals surface area contributed by atoms with Crippen molar-refractivity contribution in [3.63, 3.8) is 0 Å². The zero-order chi connectivity index (χ0) is 22.7. The molecule has 28 heavy (non-hydrogen) atoms. The van der Waals surface area contributed by atoms with Crippen molar-refractivity contribution in [2.24, 2.45) is 5.41 Å². The summed E-state index contributed by atoms with van der Waals surface area (Å²) in [6, 6.07) is 3.33. The summed E-state index contributed by atoms with van der Waals surface area (Å²) in [5, 5.41) is 0. The number of esters is 2. The van der Waals surface area contributed by atoms with Gasteiger partial charge in [-0.2, -0.15) is 0 Å². The average Bonchev–Trinajstić information content (AvgIpc) is 2.53. The highest BCUT2D eigenvalue weighted by Gasteiger charge is 2.19. The molecule has 0 heterocycles. The maximum atomic E-state index is 11.7. The lowest BCUT2D eigenvalue weighted by molar-refractivity contribution is -0.157. The Kier molecular flexibility index (Phi) is 13.1. The number of carbonyl (C=O) groups excluding carboxylic acids is 2. The number of carbonyl (C=O) groups is 2. The number of rotatable bonds is 4. The molecule has 162 valence electrons. The molecule has 0 N–H and O–H groups in total. The molecule has 0 amide bonds. The van der Waals surface area contributed by atoms with Crippen molar-refractivity contribution in [3.8, 4) is 5.75 Å². The summed E-state index contributed by atoms with van der Waals surface area (Å²) < 4.78 is 16.0. The molecule has 6 heteroatoms. The van der Waals surface area contributed by atoms with Gasteiger partial charge in [0.25, 0.3) is 0 Å². The first kappa shape index (κ1) is 28.6. The molecule has 1 rings (SSSR count). The Hall–Kier alpha value is -1.56. The van der Waals surface area contributed by atoms with Gasteiger partial charge in [-0.15, -0.1) is 0 Å². The van der Waals surface area contributed by atoms with Gasteiger partial charge in [0.05, 0.1) is 12.7 Å². The third kappa shape index (κ3) is 14.5. The summed E-state index contributed by atoms with van der Waals surface area (Å²) in [4.78, 5) is 23.3. The molecule has 0 aromatic heterocycles. The Morgan fingerprint density at radius 2 is 1.46 bits per heavy atom. The lowest BCUT2D eigenvalue weighted by atomic mass is 10.0. The van der Waals surface area contributed by atoms with E-state index in [1.807, 2.05) is 13.8 Å². The summed E-state index contributed by atoms with van der Waals surface area (Å²) in [7, 11) is 1.31.